The second-order valence-electron chi connectivity index (χ2n) is 8.97. The molecule has 0 N–H and O–H groups in total. The fourth-order valence-corrected chi connectivity index (χ4v) is 7.25. The summed E-state index contributed by atoms with van der Waals surface area (Å²) in [5, 5.41) is 9.45. The van der Waals surface area contributed by atoms with E-state index < -0.39 is 0 Å². The molecule has 0 aromatic heterocycles. The van der Waals surface area contributed by atoms with Crippen LogP contribution in [0.1, 0.15) is 49.4 Å². The number of hydrogen-bond donors (Lipinski definition) is 0. The van der Waals surface area contributed by atoms with Crippen LogP contribution in [0.2, 0.25) is 0 Å². The number of benzene rings is 2. The number of esters is 1. The van der Waals surface area contributed by atoms with E-state index >= 15 is 0 Å². The third-order valence-corrected chi connectivity index (χ3v) is 8.49. The second-order valence-corrected chi connectivity index (χ2v) is 10.2. The minimum atomic E-state index is -0.312. The average Bonchev–Trinajstić information content (AvgIpc) is 2.76. The summed E-state index contributed by atoms with van der Waals surface area (Å²) in [6.07, 6.45) is 7.37. The highest BCUT2D eigenvalue weighted by Crippen LogP contribution is 2.58. The van der Waals surface area contributed by atoms with Crippen LogP contribution < -0.4 is 0 Å². The Morgan fingerprint density at radius 1 is 0.867 bits per heavy atom. The Bertz CT molecular complexity index is 895. The quantitative estimate of drug-likeness (QED) is 0.367. The molecule has 0 saturated heterocycles. The normalized spacial score (nSPS) is 29.4. The number of thioether (sulfide) groups is 1. The van der Waals surface area contributed by atoms with Gasteiger partial charge in [-0.05, 0) is 111 Å². The number of carbonyl (C=O) groups is 1. The molecule has 30 heavy (non-hydrogen) atoms. The molecule has 0 aliphatic heterocycles. The maximum absolute atomic E-state index is 11.7. The molecule has 0 spiro atoms. The predicted octanol–water partition coefficient (Wildman–Crippen LogP) is 7.20. The lowest BCUT2D eigenvalue weighted by atomic mass is 9.56. The molecule has 4 saturated carbocycles. The van der Waals surface area contributed by atoms with Crippen molar-refractivity contribution in [1.29, 1.82) is 0 Å². The van der Waals surface area contributed by atoms with E-state index in [2.05, 4.69) is 46.3 Å². The molecule has 0 unspecified atom stereocenters. The standard InChI is InChI=1S/C25H28N2O2S/c1-2-29-25(28)18-3-5-21(6-4-18)26-27-22-7-9-23(10-8-22)30-24-19-12-16-11-17(14-19)15-20(24)13-16/h3-10,16-17,19-20,24H,2,11-15H2,1H3/b27-26+. The van der Waals surface area contributed by atoms with E-state index in [-0.39, 0.29) is 5.97 Å². The average molecular weight is 421 g/mol. The van der Waals surface area contributed by atoms with Gasteiger partial charge in [0, 0.05) is 10.1 Å². The number of carbonyl (C=O) groups excluding carboxylic acids is 1. The summed E-state index contributed by atoms with van der Waals surface area (Å²) in [7, 11) is 0. The first-order valence-corrected chi connectivity index (χ1v) is 12.0. The van der Waals surface area contributed by atoms with Crippen LogP contribution >= 0.6 is 11.8 Å². The van der Waals surface area contributed by atoms with E-state index in [9.17, 15) is 4.79 Å². The Kier molecular flexibility index (Phi) is 5.64. The number of azo groups is 1. The third-order valence-electron chi connectivity index (χ3n) is 6.91. The van der Waals surface area contributed by atoms with Gasteiger partial charge in [0.2, 0.25) is 0 Å². The highest BCUT2D eigenvalue weighted by Gasteiger charge is 2.48. The van der Waals surface area contributed by atoms with Crippen molar-refractivity contribution < 1.29 is 9.53 Å². The van der Waals surface area contributed by atoms with Crippen LogP contribution in [0.3, 0.4) is 0 Å². The van der Waals surface area contributed by atoms with E-state index in [1.807, 2.05) is 0 Å². The molecule has 4 aliphatic carbocycles. The fourth-order valence-electron chi connectivity index (χ4n) is 5.81. The van der Waals surface area contributed by atoms with E-state index in [0.717, 1.165) is 40.3 Å². The lowest BCUT2D eigenvalue weighted by Gasteiger charge is -2.54. The molecule has 4 fully saturated rings. The van der Waals surface area contributed by atoms with E-state index in [1.165, 1.54) is 37.0 Å². The summed E-state index contributed by atoms with van der Waals surface area (Å²) in [5.74, 6) is 3.61. The van der Waals surface area contributed by atoms with Crippen molar-refractivity contribution in [2.24, 2.45) is 33.9 Å². The minimum Gasteiger partial charge on any atom is -0.462 e. The third kappa shape index (κ3) is 4.18. The largest absolute Gasteiger partial charge is 0.462 e. The van der Waals surface area contributed by atoms with E-state index in [4.69, 9.17) is 4.74 Å². The maximum Gasteiger partial charge on any atom is 0.338 e. The van der Waals surface area contributed by atoms with Crippen molar-refractivity contribution >= 4 is 29.1 Å². The zero-order valence-corrected chi connectivity index (χ0v) is 18.2. The summed E-state index contributed by atoms with van der Waals surface area (Å²) in [4.78, 5) is 13.1. The van der Waals surface area contributed by atoms with Crippen molar-refractivity contribution in [3.8, 4) is 0 Å². The first-order valence-electron chi connectivity index (χ1n) is 11.1. The second kappa shape index (κ2) is 8.54. The molecule has 0 radical (unpaired) electrons. The van der Waals surface area contributed by atoms with Gasteiger partial charge in [0.15, 0.2) is 0 Å². The van der Waals surface area contributed by atoms with Crippen LogP contribution in [0, 0.1) is 23.7 Å². The van der Waals surface area contributed by atoms with Crippen molar-refractivity contribution in [2.75, 3.05) is 6.61 Å². The van der Waals surface area contributed by atoms with Crippen molar-refractivity contribution in [2.45, 2.75) is 49.2 Å². The van der Waals surface area contributed by atoms with Gasteiger partial charge < -0.3 is 4.74 Å². The van der Waals surface area contributed by atoms with Crippen LogP contribution in [0.15, 0.2) is 63.7 Å². The van der Waals surface area contributed by atoms with Gasteiger partial charge in [-0.25, -0.2) is 4.79 Å². The summed E-state index contributed by atoms with van der Waals surface area (Å²) in [6.45, 7) is 2.17. The van der Waals surface area contributed by atoms with Crippen molar-refractivity contribution in [3.63, 3.8) is 0 Å². The number of ether oxygens (including phenoxy) is 1. The van der Waals surface area contributed by atoms with Gasteiger partial charge in [0.05, 0.1) is 23.5 Å². The molecule has 0 atom stereocenters. The lowest BCUT2D eigenvalue weighted by molar-refractivity contribution is 0.0267. The molecule has 6 rings (SSSR count). The highest BCUT2D eigenvalue weighted by molar-refractivity contribution is 8.00. The Morgan fingerprint density at radius 3 is 1.93 bits per heavy atom. The van der Waals surface area contributed by atoms with Crippen LogP contribution in [0.4, 0.5) is 11.4 Å². The van der Waals surface area contributed by atoms with Crippen LogP contribution in [-0.2, 0) is 4.74 Å². The summed E-state index contributed by atoms with van der Waals surface area (Å²) in [5.41, 5.74) is 2.09. The molecule has 2 aromatic carbocycles. The molecule has 5 heteroatoms. The van der Waals surface area contributed by atoms with E-state index in [1.54, 1.807) is 31.2 Å². The van der Waals surface area contributed by atoms with E-state index in [0.29, 0.717) is 12.2 Å². The van der Waals surface area contributed by atoms with Crippen LogP contribution in [0.5, 0.6) is 0 Å². The molecular weight excluding hydrogens is 392 g/mol. The molecular formula is C25H28N2O2S. The zero-order valence-electron chi connectivity index (χ0n) is 17.4. The predicted molar refractivity (Wildman–Crippen MR) is 120 cm³/mol. The van der Waals surface area contributed by atoms with Crippen LogP contribution in [-0.4, -0.2) is 17.8 Å². The monoisotopic (exact) mass is 420 g/mol. The molecule has 156 valence electrons. The lowest BCUT2D eigenvalue weighted by Crippen LogP contribution is -2.46. The molecule has 4 bridgehead atoms. The van der Waals surface area contributed by atoms with Gasteiger partial charge in [-0.3, -0.25) is 0 Å². The molecule has 0 heterocycles. The summed E-state index contributed by atoms with van der Waals surface area (Å²) < 4.78 is 5.00. The smallest absolute Gasteiger partial charge is 0.338 e. The Morgan fingerprint density at radius 2 is 1.40 bits per heavy atom. The fraction of sp³-hybridized carbons (Fsp3) is 0.480. The van der Waals surface area contributed by atoms with Gasteiger partial charge in [0.25, 0.3) is 0 Å². The molecule has 4 nitrogen and oxygen atoms in total. The number of nitrogens with zero attached hydrogens (tertiary/aromatic N) is 2. The first-order chi connectivity index (χ1) is 14.7. The summed E-state index contributed by atoms with van der Waals surface area (Å²) >= 11 is 2.09. The minimum absolute atomic E-state index is 0.312. The van der Waals surface area contributed by atoms with Gasteiger partial charge in [-0.15, -0.1) is 11.8 Å². The SMILES string of the molecule is CCOC(=O)c1ccc(/N=N/c2ccc(SC3C4CC5CC(C4)CC3C5)cc2)cc1. The van der Waals surface area contributed by atoms with Crippen molar-refractivity contribution in [1.82, 2.24) is 0 Å². The Labute approximate surface area is 182 Å². The Hall–Kier alpha value is -2.14. The molecule has 0 amide bonds. The van der Waals surface area contributed by atoms with Crippen LogP contribution in [0.25, 0.3) is 0 Å². The van der Waals surface area contributed by atoms with Gasteiger partial charge in [0.1, 0.15) is 0 Å². The summed E-state index contributed by atoms with van der Waals surface area (Å²) in [6, 6.07) is 15.5. The Balaban J connectivity index is 1.20. The molecule has 2 aromatic rings. The van der Waals surface area contributed by atoms with Gasteiger partial charge in [-0.1, -0.05) is 0 Å². The van der Waals surface area contributed by atoms with Gasteiger partial charge >= 0.3 is 5.97 Å². The highest BCUT2D eigenvalue weighted by atomic mass is 32.2. The first kappa shape index (κ1) is 19.8. The number of hydrogen-bond acceptors (Lipinski definition) is 5. The topological polar surface area (TPSA) is 51.0 Å². The zero-order chi connectivity index (χ0) is 20.5. The maximum atomic E-state index is 11.7. The number of rotatable bonds is 6. The van der Waals surface area contributed by atoms with Gasteiger partial charge in [-0.2, -0.15) is 10.2 Å². The molecule has 4 aliphatic rings. The van der Waals surface area contributed by atoms with Crippen molar-refractivity contribution in [3.05, 3.63) is 54.1 Å².